The van der Waals surface area contributed by atoms with Crippen molar-refractivity contribution in [2.24, 2.45) is 0 Å². The van der Waals surface area contributed by atoms with E-state index < -0.39 is 5.60 Å². The lowest BCUT2D eigenvalue weighted by atomic mass is 9.91. The molecule has 1 amide bonds. The van der Waals surface area contributed by atoms with E-state index in [2.05, 4.69) is 10.3 Å². The van der Waals surface area contributed by atoms with E-state index in [9.17, 15) is 9.90 Å². The first-order chi connectivity index (χ1) is 9.66. The van der Waals surface area contributed by atoms with Gasteiger partial charge >= 0.3 is 0 Å². The van der Waals surface area contributed by atoms with Crippen molar-refractivity contribution in [3.8, 4) is 0 Å². The van der Waals surface area contributed by atoms with Crippen LogP contribution in [0.15, 0.2) is 36.4 Å². The minimum Gasteiger partial charge on any atom is -0.384 e. The van der Waals surface area contributed by atoms with Crippen LogP contribution in [0, 0.1) is 0 Å². The molecule has 0 saturated carbocycles. The molecule has 1 atom stereocenters. The summed E-state index contributed by atoms with van der Waals surface area (Å²) in [4.78, 5) is 16.4. The van der Waals surface area contributed by atoms with Crippen LogP contribution in [-0.2, 0) is 0 Å². The molecular weight excluding hydrogens is 272 g/mol. The first-order valence-corrected chi connectivity index (χ1v) is 7.52. The van der Waals surface area contributed by atoms with E-state index in [1.807, 2.05) is 30.3 Å². The predicted octanol–water partition coefficient (Wildman–Crippen LogP) is 2.50. The maximum Gasteiger partial charge on any atom is 0.280 e. The van der Waals surface area contributed by atoms with E-state index in [-0.39, 0.29) is 12.5 Å². The van der Waals surface area contributed by atoms with Gasteiger partial charge in [0.15, 0.2) is 5.01 Å². The first-order valence-electron chi connectivity index (χ1n) is 6.70. The number of hydrogen-bond donors (Lipinski definition) is 2. The Hall–Kier alpha value is -1.72. The van der Waals surface area contributed by atoms with E-state index >= 15 is 0 Å². The number of aliphatic hydroxyl groups is 1. The topological polar surface area (TPSA) is 62.2 Å². The third-order valence-electron chi connectivity index (χ3n) is 3.45. The van der Waals surface area contributed by atoms with Gasteiger partial charge in [0.1, 0.15) is 0 Å². The monoisotopic (exact) mass is 288 g/mol. The van der Waals surface area contributed by atoms with E-state index in [4.69, 9.17) is 0 Å². The molecule has 104 valence electrons. The molecule has 1 heterocycles. The molecule has 1 aliphatic carbocycles. The largest absolute Gasteiger partial charge is 0.384 e. The van der Waals surface area contributed by atoms with Crippen molar-refractivity contribution in [2.45, 2.75) is 24.9 Å². The summed E-state index contributed by atoms with van der Waals surface area (Å²) in [6.45, 7) is 0.234. The fraction of sp³-hybridized carbons (Fsp3) is 0.333. The van der Waals surface area contributed by atoms with Crippen molar-refractivity contribution in [1.82, 2.24) is 10.3 Å². The van der Waals surface area contributed by atoms with Crippen molar-refractivity contribution in [2.75, 3.05) is 6.54 Å². The normalized spacial score (nSPS) is 22.1. The molecule has 0 bridgehead atoms. The van der Waals surface area contributed by atoms with Gasteiger partial charge in [-0.15, -0.1) is 11.3 Å². The van der Waals surface area contributed by atoms with Gasteiger partial charge in [0.2, 0.25) is 0 Å². The van der Waals surface area contributed by atoms with Crippen LogP contribution in [0.4, 0.5) is 0 Å². The maximum absolute atomic E-state index is 12.1. The molecule has 2 aromatic rings. The molecule has 0 fully saturated rings. The van der Waals surface area contributed by atoms with Crippen LogP contribution < -0.4 is 5.32 Å². The van der Waals surface area contributed by atoms with Crippen LogP contribution >= 0.6 is 11.3 Å². The number of fused-ring (bicyclic) bond motifs is 1. The van der Waals surface area contributed by atoms with Gasteiger partial charge in [-0.1, -0.05) is 24.3 Å². The van der Waals surface area contributed by atoms with Gasteiger partial charge in [0.25, 0.3) is 5.91 Å². The van der Waals surface area contributed by atoms with Crippen LogP contribution in [0.1, 0.15) is 29.1 Å². The van der Waals surface area contributed by atoms with Crippen LogP contribution in [0.3, 0.4) is 0 Å². The number of para-hydroxylation sites is 1. The summed E-state index contributed by atoms with van der Waals surface area (Å²) < 4.78 is 0.994. The van der Waals surface area contributed by atoms with Gasteiger partial charge in [-0.2, -0.15) is 0 Å². The number of carbonyl (C=O) groups excluding carboxylic acids is 1. The maximum atomic E-state index is 12.1. The average Bonchev–Trinajstić information content (AvgIpc) is 2.89. The minimum atomic E-state index is -0.912. The highest BCUT2D eigenvalue weighted by molar-refractivity contribution is 7.20. The molecule has 1 aromatic carbocycles. The number of rotatable bonds is 3. The summed E-state index contributed by atoms with van der Waals surface area (Å²) in [5.74, 6) is -0.224. The number of allylic oxidation sites excluding steroid dienone is 1. The highest BCUT2D eigenvalue weighted by atomic mass is 32.1. The van der Waals surface area contributed by atoms with Crippen molar-refractivity contribution < 1.29 is 9.90 Å². The SMILES string of the molecule is O=C(NCC1(O)C=CCCC1)c1nc2ccccc2s1. The lowest BCUT2D eigenvalue weighted by Crippen LogP contribution is -2.42. The Morgan fingerprint density at radius 2 is 2.30 bits per heavy atom. The number of nitrogens with zero attached hydrogens (tertiary/aromatic N) is 1. The molecule has 0 saturated heterocycles. The van der Waals surface area contributed by atoms with Gasteiger partial charge in [-0.3, -0.25) is 4.79 Å². The fourth-order valence-corrected chi connectivity index (χ4v) is 3.22. The van der Waals surface area contributed by atoms with Crippen molar-refractivity contribution >= 4 is 27.5 Å². The standard InChI is InChI=1S/C15H16N2O2S/c18-13(16-10-15(19)8-4-1-5-9-15)14-17-11-6-2-3-7-12(11)20-14/h2-4,6-8,19H,1,5,9-10H2,(H,16,18). The summed E-state index contributed by atoms with van der Waals surface area (Å²) >= 11 is 1.37. The first kappa shape index (κ1) is 13.3. The zero-order valence-corrected chi connectivity index (χ0v) is 11.8. The fourth-order valence-electron chi connectivity index (χ4n) is 2.34. The molecule has 2 N–H and O–H groups in total. The molecule has 4 nitrogen and oxygen atoms in total. The molecule has 0 radical (unpaired) electrons. The Labute approximate surface area is 121 Å². The van der Waals surface area contributed by atoms with Gasteiger partial charge in [0, 0.05) is 0 Å². The second-order valence-corrected chi connectivity index (χ2v) is 6.10. The Bertz CT molecular complexity index is 632. The summed E-state index contributed by atoms with van der Waals surface area (Å²) in [5.41, 5.74) is -0.0798. The van der Waals surface area contributed by atoms with Gasteiger partial charge in [-0.05, 0) is 31.4 Å². The van der Waals surface area contributed by atoms with Gasteiger partial charge in [-0.25, -0.2) is 4.98 Å². The molecule has 0 aliphatic heterocycles. The van der Waals surface area contributed by atoms with Crippen molar-refractivity contribution in [3.63, 3.8) is 0 Å². The molecule has 5 heteroatoms. The lowest BCUT2D eigenvalue weighted by Gasteiger charge is -2.27. The third kappa shape index (κ3) is 2.73. The van der Waals surface area contributed by atoms with Gasteiger partial charge < -0.3 is 10.4 Å². The van der Waals surface area contributed by atoms with E-state index in [0.717, 1.165) is 23.1 Å². The highest BCUT2D eigenvalue weighted by Gasteiger charge is 2.26. The zero-order valence-electron chi connectivity index (χ0n) is 11.0. The molecule has 1 unspecified atom stereocenters. The van der Waals surface area contributed by atoms with Crippen LogP contribution in [0.2, 0.25) is 0 Å². The lowest BCUT2D eigenvalue weighted by molar-refractivity contribution is 0.0660. The Kier molecular flexibility index (Phi) is 3.54. The quantitative estimate of drug-likeness (QED) is 0.853. The third-order valence-corrected chi connectivity index (χ3v) is 4.49. The number of thiazole rings is 1. The number of nitrogens with one attached hydrogen (secondary N) is 1. The smallest absolute Gasteiger partial charge is 0.280 e. The average molecular weight is 288 g/mol. The van der Waals surface area contributed by atoms with Crippen LogP contribution in [0.25, 0.3) is 10.2 Å². The Morgan fingerprint density at radius 3 is 3.05 bits per heavy atom. The number of hydrogen-bond acceptors (Lipinski definition) is 4. The Balaban J connectivity index is 1.70. The number of aromatic nitrogens is 1. The van der Waals surface area contributed by atoms with Crippen molar-refractivity contribution in [1.29, 1.82) is 0 Å². The van der Waals surface area contributed by atoms with E-state index in [0.29, 0.717) is 11.4 Å². The number of benzene rings is 1. The van der Waals surface area contributed by atoms with Crippen LogP contribution in [0.5, 0.6) is 0 Å². The molecule has 0 spiro atoms. The second kappa shape index (κ2) is 5.34. The van der Waals surface area contributed by atoms with Gasteiger partial charge in [0.05, 0.1) is 22.4 Å². The molecule has 1 aromatic heterocycles. The molecule has 3 rings (SSSR count). The van der Waals surface area contributed by atoms with Crippen molar-refractivity contribution in [3.05, 3.63) is 41.4 Å². The molecule has 20 heavy (non-hydrogen) atoms. The molecular formula is C15H16N2O2S. The minimum absolute atomic E-state index is 0.224. The predicted molar refractivity (Wildman–Crippen MR) is 79.9 cm³/mol. The summed E-state index contributed by atoms with van der Waals surface area (Å²) in [6, 6.07) is 7.66. The second-order valence-electron chi connectivity index (χ2n) is 5.07. The number of amides is 1. The van der Waals surface area contributed by atoms with E-state index in [1.54, 1.807) is 6.08 Å². The summed E-state index contributed by atoms with van der Waals surface area (Å²) in [5, 5.41) is 13.5. The van der Waals surface area contributed by atoms with Crippen LogP contribution in [-0.4, -0.2) is 28.1 Å². The molecule has 1 aliphatic rings. The zero-order chi connectivity index (χ0) is 14.0. The van der Waals surface area contributed by atoms with E-state index in [1.165, 1.54) is 11.3 Å². The highest BCUT2D eigenvalue weighted by Crippen LogP contribution is 2.23. The Morgan fingerprint density at radius 1 is 1.45 bits per heavy atom. The summed E-state index contributed by atoms with van der Waals surface area (Å²) in [6.07, 6.45) is 6.38. The summed E-state index contributed by atoms with van der Waals surface area (Å²) in [7, 11) is 0. The number of carbonyl (C=O) groups is 1.